The number of ether oxygens (including phenoxy) is 2. The molecule has 1 heterocycles. The Bertz CT molecular complexity index is 756. The van der Waals surface area contributed by atoms with Crippen LogP contribution in [0.2, 0.25) is 18.1 Å². The fourth-order valence-corrected chi connectivity index (χ4v) is 4.08. The third kappa shape index (κ3) is 5.35. The molecule has 7 heteroatoms. The second-order valence-corrected chi connectivity index (χ2v) is 13.5. The van der Waals surface area contributed by atoms with Gasteiger partial charge in [0.15, 0.2) is 8.32 Å². The predicted octanol–water partition coefficient (Wildman–Crippen LogP) is 4.23. The second-order valence-electron chi connectivity index (χ2n) is 8.75. The zero-order valence-electron chi connectivity index (χ0n) is 18.5. The number of hydrogen-bond acceptors (Lipinski definition) is 5. The first-order chi connectivity index (χ1) is 13.4. The average Bonchev–Trinajstić information content (AvgIpc) is 2.84. The zero-order valence-corrected chi connectivity index (χ0v) is 19.5. The standard InChI is InChI=1S/C22H33NO5Si/c1-8-26-19(24)14-15-22(28-29(6,7)21(3,4)5)23(20(25)17(2)27-22)16-18-12-10-9-11-13-18/h9-15,17H,8,16H2,1-7H3/b15-14-/t17-,22-/m0/s1. The number of rotatable bonds is 7. The van der Waals surface area contributed by atoms with E-state index in [4.69, 9.17) is 13.9 Å². The average molecular weight is 420 g/mol. The van der Waals surface area contributed by atoms with Crippen molar-refractivity contribution < 1.29 is 23.5 Å². The minimum Gasteiger partial charge on any atom is -0.463 e. The molecule has 160 valence electrons. The van der Waals surface area contributed by atoms with Crippen LogP contribution in [-0.4, -0.2) is 43.7 Å². The number of amides is 1. The molecular weight excluding hydrogens is 386 g/mol. The summed E-state index contributed by atoms with van der Waals surface area (Å²) >= 11 is 0. The van der Waals surface area contributed by atoms with Gasteiger partial charge in [-0.05, 0) is 37.5 Å². The molecule has 1 saturated heterocycles. The van der Waals surface area contributed by atoms with Gasteiger partial charge in [0.25, 0.3) is 11.8 Å². The van der Waals surface area contributed by atoms with Gasteiger partial charge < -0.3 is 13.9 Å². The summed E-state index contributed by atoms with van der Waals surface area (Å²) in [6.45, 7) is 14.5. The minimum atomic E-state index is -2.37. The zero-order chi connectivity index (χ0) is 21.9. The van der Waals surface area contributed by atoms with E-state index in [9.17, 15) is 9.59 Å². The summed E-state index contributed by atoms with van der Waals surface area (Å²) in [6.07, 6.45) is 2.13. The summed E-state index contributed by atoms with van der Waals surface area (Å²) in [5, 5.41) is -0.117. The largest absolute Gasteiger partial charge is 0.463 e. The molecule has 0 bridgehead atoms. The first-order valence-electron chi connectivity index (χ1n) is 10.0. The van der Waals surface area contributed by atoms with E-state index in [-0.39, 0.29) is 17.6 Å². The lowest BCUT2D eigenvalue weighted by Crippen LogP contribution is -2.56. The monoisotopic (exact) mass is 419 g/mol. The van der Waals surface area contributed by atoms with E-state index in [1.54, 1.807) is 18.7 Å². The lowest BCUT2D eigenvalue weighted by atomic mass is 10.2. The van der Waals surface area contributed by atoms with Crippen molar-refractivity contribution in [1.29, 1.82) is 0 Å². The topological polar surface area (TPSA) is 65.1 Å². The molecule has 1 aromatic carbocycles. The highest BCUT2D eigenvalue weighted by atomic mass is 28.4. The molecule has 2 atom stereocenters. The number of benzene rings is 1. The number of carbonyl (C=O) groups excluding carboxylic acids is 2. The Kier molecular flexibility index (Phi) is 7.09. The number of carbonyl (C=O) groups is 2. The van der Waals surface area contributed by atoms with Crippen LogP contribution in [0.1, 0.15) is 40.2 Å². The van der Waals surface area contributed by atoms with Crippen LogP contribution in [-0.2, 0) is 30.0 Å². The van der Waals surface area contributed by atoms with Crippen LogP contribution in [0, 0.1) is 0 Å². The summed E-state index contributed by atoms with van der Waals surface area (Å²) in [5.41, 5.74) is 0.950. The Balaban J connectivity index is 2.49. The van der Waals surface area contributed by atoms with Crippen LogP contribution in [0.25, 0.3) is 0 Å². The molecule has 1 aliphatic rings. The Morgan fingerprint density at radius 2 is 1.90 bits per heavy atom. The van der Waals surface area contributed by atoms with Gasteiger partial charge in [0.1, 0.15) is 6.10 Å². The Hall–Kier alpha value is -1.96. The molecule has 6 nitrogen and oxygen atoms in total. The van der Waals surface area contributed by atoms with E-state index in [2.05, 4.69) is 33.9 Å². The Morgan fingerprint density at radius 3 is 2.45 bits per heavy atom. The SMILES string of the molecule is CCOC(=O)/C=C\[C@@]1(O[Si](C)(C)C(C)(C)C)O[C@@H](C)C(=O)N1Cc1ccccc1. The smallest absolute Gasteiger partial charge is 0.330 e. The molecule has 1 aliphatic heterocycles. The van der Waals surface area contributed by atoms with E-state index in [1.807, 2.05) is 30.3 Å². The molecule has 0 spiro atoms. The summed E-state index contributed by atoms with van der Waals surface area (Å²) in [6, 6.07) is 9.66. The van der Waals surface area contributed by atoms with Crippen molar-refractivity contribution in [2.24, 2.45) is 0 Å². The highest BCUT2D eigenvalue weighted by Crippen LogP contribution is 2.43. The predicted molar refractivity (Wildman–Crippen MR) is 114 cm³/mol. The van der Waals surface area contributed by atoms with E-state index < -0.39 is 26.3 Å². The van der Waals surface area contributed by atoms with Crippen molar-refractivity contribution >= 4 is 20.2 Å². The van der Waals surface area contributed by atoms with E-state index in [1.165, 1.54) is 12.2 Å². The molecule has 1 aromatic rings. The Morgan fingerprint density at radius 1 is 1.28 bits per heavy atom. The van der Waals surface area contributed by atoms with Crippen molar-refractivity contribution in [2.75, 3.05) is 6.61 Å². The normalized spacial score (nSPS) is 23.1. The molecule has 0 radical (unpaired) electrons. The van der Waals surface area contributed by atoms with Crippen LogP contribution in [0.4, 0.5) is 0 Å². The van der Waals surface area contributed by atoms with Crippen molar-refractivity contribution in [1.82, 2.24) is 4.90 Å². The highest BCUT2D eigenvalue weighted by Gasteiger charge is 2.55. The molecule has 0 N–H and O–H groups in total. The molecule has 0 unspecified atom stereocenters. The molecule has 0 aliphatic carbocycles. The molecule has 0 saturated carbocycles. The van der Waals surface area contributed by atoms with Crippen LogP contribution >= 0.6 is 0 Å². The van der Waals surface area contributed by atoms with Crippen LogP contribution in [0.5, 0.6) is 0 Å². The molecule has 29 heavy (non-hydrogen) atoms. The molecule has 0 aromatic heterocycles. The summed E-state index contributed by atoms with van der Waals surface area (Å²) in [4.78, 5) is 26.6. The molecular formula is C22H33NO5Si. The van der Waals surface area contributed by atoms with E-state index >= 15 is 0 Å². The van der Waals surface area contributed by atoms with Crippen molar-refractivity contribution in [3.05, 3.63) is 48.0 Å². The molecule has 1 amide bonds. The first kappa shape index (κ1) is 23.3. The number of nitrogens with zero attached hydrogens (tertiary/aromatic N) is 1. The van der Waals surface area contributed by atoms with Crippen LogP contribution in [0.3, 0.4) is 0 Å². The van der Waals surface area contributed by atoms with Gasteiger partial charge in [0, 0.05) is 12.2 Å². The minimum absolute atomic E-state index is 0.117. The summed E-state index contributed by atoms with van der Waals surface area (Å²) in [5.74, 6) is -2.13. The lowest BCUT2D eigenvalue weighted by molar-refractivity contribution is -0.208. The van der Waals surface area contributed by atoms with Gasteiger partial charge in [-0.1, -0.05) is 51.1 Å². The van der Waals surface area contributed by atoms with Gasteiger partial charge in [-0.3, -0.25) is 9.69 Å². The maximum atomic E-state index is 13.0. The quantitative estimate of drug-likeness (QED) is 0.376. The number of hydrogen-bond donors (Lipinski definition) is 0. The fraction of sp³-hybridized carbons (Fsp3) is 0.545. The van der Waals surface area contributed by atoms with E-state index in [0.29, 0.717) is 6.54 Å². The van der Waals surface area contributed by atoms with Gasteiger partial charge in [-0.2, -0.15) is 0 Å². The third-order valence-corrected chi connectivity index (χ3v) is 9.86. The fourth-order valence-electron chi connectivity index (χ4n) is 2.82. The van der Waals surface area contributed by atoms with Gasteiger partial charge in [0.05, 0.1) is 13.2 Å². The second kappa shape index (κ2) is 8.81. The van der Waals surface area contributed by atoms with E-state index in [0.717, 1.165) is 5.56 Å². The van der Waals surface area contributed by atoms with Gasteiger partial charge in [0.2, 0.25) is 0 Å². The van der Waals surface area contributed by atoms with Crippen LogP contribution in [0.15, 0.2) is 42.5 Å². The summed E-state index contributed by atoms with van der Waals surface area (Å²) in [7, 11) is -2.37. The maximum absolute atomic E-state index is 13.0. The van der Waals surface area contributed by atoms with Crippen molar-refractivity contribution in [3.8, 4) is 0 Å². The highest BCUT2D eigenvalue weighted by molar-refractivity contribution is 6.74. The third-order valence-electron chi connectivity index (χ3n) is 5.44. The van der Waals surface area contributed by atoms with Crippen molar-refractivity contribution in [3.63, 3.8) is 0 Å². The molecule has 2 rings (SSSR count). The summed E-state index contributed by atoms with van der Waals surface area (Å²) < 4.78 is 17.8. The molecule has 1 fully saturated rings. The number of esters is 1. The lowest BCUT2D eigenvalue weighted by Gasteiger charge is -2.45. The van der Waals surface area contributed by atoms with Crippen molar-refractivity contribution in [2.45, 2.75) is 71.3 Å². The van der Waals surface area contributed by atoms with Gasteiger partial charge >= 0.3 is 5.97 Å². The van der Waals surface area contributed by atoms with Crippen LogP contribution < -0.4 is 0 Å². The van der Waals surface area contributed by atoms with Gasteiger partial charge in [-0.25, -0.2) is 4.79 Å². The first-order valence-corrected chi connectivity index (χ1v) is 12.9. The Labute approximate surface area is 175 Å². The maximum Gasteiger partial charge on any atom is 0.330 e. The van der Waals surface area contributed by atoms with Gasteiger partial charge in [-0.15, -0.1) is 0 Å².